The third-order valence-electron chi connectivity index (χ3n) is 3.88. The molecule has 0 aromatic heterocycles. The first-order valence-corrected chi connectivity index (χ1v) is 11.0. The van der Waals surface area contributed by atoms with E-state index in [-0.39, 0.29) is 21.2 Å². The van der Waals surface area contributed by atoms with E-state index in [1.54, 1.807) is 36.4 Å². The molecule has 0 spiro atoms. The van der Waals surface area contributed by atoms with Gasteiger partial charge in [0.25, 0.3) is 15.9 Å². The van der Waals surface area contributed by atoms with E-state index in [2.05, 4.69) is 15.2 Å². The summed E-state index contributed by atoms with van der Waals surface area (Å²) in [5, 5.41) is 4.84. The molecule has 3 aromatic rings. The first-order valence-electron chi connectivity index (χ1n) is 8.43. The number of benzene rings is 3. The van der Waals surface area contributed by atoms with Crippen LogP contribution in [0, 0.1) is 0 Å². The summed E-state index contributed by atoms with van der Waals surface area (Å²) in [6.07, 6.45) is 1.31. The monoisotopic (exact) mass is 481 g/mol. The average Bonchev–Trinajstić information content (AvgIpc) is 2.72. The molecule has 1 amide bonds. The molecule has 0 bridgehead atoms. The van der Waals surface area contributed by atoms with Crippen LogP contribution in [0.5, 0.6) is 0 Å². The number of hydrazone groups is 1. The Bertz CT molecular complexity index is 1210. The van der Waals surface area contributed by atoms with Crippen LogP contribution in [0.25, 0.3) is 0 Å². The number of halogens is 3. The molecule has 0 fully saturated rings. The molecule has 2 N–H and O–H groups in total. The van der Waals surface area contributed by atoms with Gasteiger partial charge >= 0.3 is 0 Å². The summed E-state index contributed by atoms with van der Waals surface area (Å²) in [5.41, 5.74) is 3.09. The largest absolute Gasteiger partial charge is 0.278 e. The summed E-state index contributed by atoms with van der Waals surface area (Å²) < 4.78 is 27.7. The number of para-hydroxylation sites is 1. The fourth-order valence-electron chi connectivity index (χ4n) is 2.41. The molecule has 3 aromatic carbocycles. The lowest BCUT2D eigenvalue weighted by Gasteiger charge is -2.10. The lowest BCUT2D eigenvalue weighted by molar-refractivity contribution is 0.0955. The lowest BCUT2D eigenvalue weighted by atomic mass is 10.2. The van der Waals surface area contributed by atoms with Gasteiger partial charge in [0.05, 0.1) is 31.9 Å². The van der Waals surface area contributed by atoms with Crippen molar-refractivity contribution in [3.05, 3.63) is 92.9 Å². The molecule has 0 aliphatic heterocycles. The first-order chi connectivity index (χ1) is 14.3. The number of carbonyl (C=O) groups is 1. The van der Waals surface area contributed by atoms with E-state index in [9.17, 15) is 13.2 Å². The van der Waals surface area contributed by atoms with Crippen molar-refractivity contribution in [1.82, 2.24) is 5.43 Å². The van der Waals surface area contributed by atoms with Crippen LogP contribution in [0.3, 0.4) is 0 Å². The molecule has 0 radical (unpaired) electrons. The lowest BCUT2D eigenvalue weighted by Crippen LogP contribution is -2.19. The second-order valence-electron chi connectivity index (χ2n) is 5.95. The third-order valence-corrected chi connectivity index (χ3v) is 6.24. The van der Waals surface area contributed by atoms with E-state index in [0.29, 0.717) is 15.6 Å². The first kappa shape index (κ1) is 22.1. The van der Waals surface area contributed by atoms with Crippen LogP contribution in [0.4, 0.5) is 5.69 Å². The normalized spacial score (nSPS) is 11.4. The van der Waals surface area contributed by atoms with Crippen LogP contribution in [0.2, 0.25) is 15.1 Å². The van der Waals surface area contributed by atoms with E-state index in [4.69, 9.17) is 34.8 Å². The predicted molar refractivity (Wildman–Crippen MR) is 120 cm³/mol. The van der Waals surface area contributed by atoms with Crippen molar-refractivity contribution in [2.24, 2.45) is 5.10 Å². The van der Waals surface area contributed by atoms with E-state index in [1.807, 2.05) is 0 Å². The maximum absolute atomic E-state index is 12.6. The highest BCUT2D eigenvalue weighted by molar-refractivity contribution is 7.92. The van der Waals surface area contributed by atoms with Crippen LogP contribution in [0.15, 0.2) is 76.7 Å². The van der Waals surface area contributed by atoms with E-state index < -0.39 is 15.9 Å². The van der Waals surface area contributed by atoms with Gasteiger partial charge in [-0.3, -0.25) is 9.52 Å². The van der Waals surface area contributed by atoms with Gasteiger partial charge in [0.15, 0.2) is 0 Å². The highest BCUT2D eigenvalue weighted by Gasteiger charge is 2.17. The number of hydrogen-bond acceptors (Lipinski definition) is 4. The van der Waals surface area contributed by atoms with Gasteiger partial charge in [-0.15, -0.1) is 0 Å². The Hall–Kier alpha value is -2.58. The van der Waals surface area contributed by atoms with E-state index in [1.165, 1.54) is 36.5 Å². The van der Waals surface area contributed by atoms with Gasteiger partial charge in [-0.2, -0.15) is 5.10 Å². The molecular formula is C20H14Cl3N3O3S. The minimum absolute atomic E-state index is 0.0967. The summed E-state index contributed by atoms with van der Waals surface area (Å²) in [6.45, 7) is 0. The molecule has 0 heterocycles. The molecule has 10 heteroatoms. The summed E-state index contributed by atoms with van der Waals surface area (Å²) in [5.74, 6) is -0.607. The zero-order valence-electron chi connectivity index (χ0n) is 15.1. The molecule has 0 atom stereocenters. The number of anilines is 1. The zero-order valence-corrected chi connectivity index (χ0v) is 18.2. The third kappa shape index (κ3) is 5.31. The maximum atomic E-state index is 12.6. The number of sulfonamides is 1. The molecule has 154 valence electrons. The van der Waals surface area contributed by atoms with Crippen molar-refractivity contribution >= 4 is 62.6 Å². The summed E-state index contributed by atoms with van der Waals surface area (Å²) in [6, 6.07) is 16.9. The van der Waals surface area contributed by atoms with Gasteiger partial charge in [0.2, 0.25) is 0 Å². The number of hydrogen-bond donors (Lipinski definition) is 2. The minimum atomic E-state index is -3.95. The molecular weight excluding hydrogens is 469 g/mol. The van der Waals surface area contributed by atoms with E-state index >= 15 is 0 Å². The van der Waals surface area contributed by atoms with Gasteiger partial charge < -0.3 is 0 Å². The van der Waals surface area contributed by atoms with Gasteiger partial charge in [-0.1, -0.05) is 59.1 Å². The highest BCUT2D eigenvalue weighted by Crippen LogP contribution is 2.24. The quantitative estimate of drug-likeness (QED) is 0.373. The second kappa shape index (κ2) is 9.49. The van der Waals surface area contributed by atoms with Gasteiger partial charge in [0.1, 0.15) is 0 Å². The standard InChI is InChI=1S/C20H14Cl3N3O3S/c21-16-8-4-9-17(22)15(16)12-24-25-20(27)13-5-3-6-14(11-13)30(28,29)26-19-10-2-1-7-18(19)23/h1-12,26H,(H,25,27)/b24-12+. The van der Waals surface area contributed by atoms with Crippen molar-refractivity contribution in [2.75, 3.05) is 4.72 Å². The van der Waals surface area contributed by atoms with Gasteiger partial charge in [-0.25, -0.2) is 13.8 Å². The molecule has 0 saturated heterocycles. The number of carbonyl (C=O) groups excluding carboxylic acids is 1. The number of amides is 1. The van der Waals surface area contributed by atoms with Crippen LogP contribution in [-0.2, 0) is 10.0 Å². The molecule has 0 aliphatic rings. The Morgan fingerprint density at radius 2 is 1.50 bits per heavy atom. The molecule has 0 aliphatic carbocycles. The number of nitrogens with one attached hydrogen (secondary N) is 2. The Balaban J connectivity index is 1.77. The van der Waals surface area contributed by atoms with E-state index in [0.717, 1.165) is 0 Å². The number of rotatable bonds is 6. The van der Waals surface area contributed by atoms with Crippen LogP contribution in [-0.4, -0.2) is 20.5 Å². The minimum Gasteiger partial charge on any atom is -0.278 e. The van der Waals surface area contributed by atoms with Gasteiger partial charge in [-0.05, 0) is 42.5 Å². The summed E-state index contributed by atoms with van der Waals surface area (Å²) in [4.78, 5) is 12.3. The van der Waals surface area contributed by atoms with Crippen molar-refractivity contribution < 1.29 is 13.2 Å². The molecule has 3 rings (SSSR count). The summed E-state index contributed by atoms with van der Waals surface area (Å²) >= 11 is 18.1. The van der Waals surface area contributed by atoms with Crippen LogP contribution >= 0.6 is 34.8 Å². The van der Waals surface area contributed by atoms with Crippen LogP contribution in [0.1, 0.15) is 15.9 Å². The highest BCUT2D eigenvalue weighted by atomic mass is 35.5. The SMILES string of the molecule is O=C(N/N=C/c1c(Cl)cccc1Cl)c1cccc(S(=O)(=O)Nc2ccccc2Cl)c1. The van der Waals surface area contributed by atoms with Gasteiger partial charge in [0, 0.05) is 11.1 Å². The fraction of sp³-hybridized carbons (Fsp3) is 0. The summed E-state index contributed by atoms with van der Waals surface area (Å²) in [7, 11) is -3.95. The predicted octanol–water partition coefficient (Wildman–Crippen LogP) is 5.21. The van der Waals surface area contributed by atoms with Crippen LogP contribution < -0.4 is 10.1 Å². The Kier molecular flexibility index (Phi) is 6.99. The molecule has 30 heavy (non-hydrogen) atoms. The maximum Gasteiger partial charge on any atom is 0.271 e. The topological polar surface area (TPSA) is 87.6 Å². The average molecular weight is 483 g/mol. The molecule has 6 nitrogen and oxygen atoms in total. The number of nitrogens with zero attached hydrogens (tertiary/aromatic N) is 1. The van der Waals surface area contributed by atoms with Crippen molar-refractivity contribution in [3.8, 4) is 0 Å². The Morgan fingerprint density at radius 1 is 0.867 bits per heavy atom. The second-order valence-corrected chi connectivity index (χ2v) is 8.85. The Morgan fingerprint density at radius 3 is 2.20 bits per heavy atom. The van der Waals surface area contributed by atoms with Crippen molar-refractivity contribution in [1.29, 1.82) is 0 Å². The smallest absolute Gasteiger partial charge is 0.271 e. The Labute approximate surface area is 188 Å². The zero-order chi connectivity index (χ0) is 21.7. The van der Waals surface area contributed by atoms with Crippen molar-refractivity contribution in [3.63, 3.8) is 0 Å². The molecule has 0 saturated carbocycles. The molecule has 0 unspecified atom stereocenters. The fourth-order valence-corrected chi connectivity index (χ4v) is 4.27. The van der Waals surface area contributed by atoms with Crippen molar-refractivity contribution in [2.45, 2.75) is 4.90 Å².